The lowest BCUT2D eigenvalue weighted by molar-refractivity contribution is -0.122. The highest BCUT2D eigenvalue weighted by molar-refractivity contribution is 6.06. The average Bonchev–Trinajstić information content (AvgIpc) is 2.50. The number of fused-ring (bicyclic) bond motifs is 1. The first-order valence-corrected chi connectivity index (χ1v) is 6.87. The molecular formula is C16H15N3O3. The van der Waals surface area contributed by atoms with E-state index < -0.39 is 6.04 Å². The van der Waals surface area contributed by atoms with E-state index in [0.717, 1.165) is 5.69 Å². The molecule has 6 nitrogen and oxygen atoms in total. The van der Waals surface area contributed by atoms with Gasteiger partial charge >= 0.3 is 0 Å². The minimum atomic E-state index is -0.619. The monoisotopic (exact) mass is 297 g/mol. The first kappa shape index (κ1) is 13.9. The van der Waals surface area contributed by atoms with Gasteiger partial charge in [0.05, 0.1) is 17.8 Å². The number of para-hydroxylation sites is 2. The van der Waals surface area contributed by atoms with Gasteiger partial charge in [-0.3, -0.25) is 9.59 Å². The Morgan fingerprint density at radius 2 is 1.77 bits per heavy atom. The van der Waals surface area contributed by atoms with Crippen molar-refractivity contribution in [2.75, 3.05) is 16.0 Å². The number of carbonyl (C=O) groups is 2. The maximum atomic E-state index is 12.0. The summed E-state index contributed by atoms with van der Waals surface area (Å²) in [6.45, 7) is 0. The van der Waals surface area contributed by atoms with Gasteiger partial charge in [-0.15, -0.1) is 0 Å². The molecule has 4 N–H and O–H groups in total. The number of hydrogen-bond acceptors (Lipinski definition) is 4. The van der Waals surface area contributed by atoms with Crippen molar-refractivity contribution in [3.8, 4) is 5.75 Å². The van der Waals surface area contributed by atoms with Gasteiger partial charge in [0.15, 0.2) is 0 Å². The van der Waals surface area contributed by atoms with Crippen LogP contribution < -0.4 is 16.0 Å². The summed E-state index contributed by atoms with van der Waals surface area (Å²) in [5.74, 6) is -0.389. The second-order valence-corrected chi connectivity index (χ2v) is 5.03. The number of phenolic OH excluding ortho intramolecular Hbond substituents is 1. The lowest BCUT2D eigenvalue weighted by Crippen LogP contribution is -2.41. The minimum Gasteiger partial charge on any atom is -0.508 e. The summed E-state index contributed by atoms with van der Waals surface area (Å²) in [5, 5.41) is 17.7. The van der Waals surface area contributed by atoms with Gasteiger partial charge in [-0.25, -0.2) is 0 Å². The molecule has 0 aromatic heterocycles. The normalized spacial score (nSPS) is 16.2. The summed E-state index contributed by atoms with van der Waals surface area (Å²) >= 11 is 0. The van der Waals surface area contributed by atoms with E-state index in [2.05, 4.69) is 16.0 Å². The zero-order valence-corrected chi connectivity index (χ0v) is 11.7. The molecule has 0 fully saturated rings. The van der Waals surface area contributed by atoms with Crippen LogP contribution in [0.4, 0.5) is 17.1 Å². The fraction of sp³-hybridized carbons (Fsp3) is 0.125. The zero-order valence-electron chi connectivity index (χ0n) is 11.7. The maximum Gasteiger partial charge on any atom is 0.247 e. The summed E-state index contributed by atoms with van der Waals surface area (Å²) < 4.78 is 0. The SMILES string of the molecule is O=C(CC1Nc2ccccc2NC1=O)Nc1ccc(O)cc1. The quantitative estimate of drug-likeness (QED) is 0.653. The van der Waals surface area contributed by atoms with Crippen molar-refractivity contribution in [1.82, 2.24) is 0 Å². The predicted molar refractivity (Wildman–Crippen MR) is 83.8 cm³/mol. The van der Waals surface area contributed by atoms with Crippen molar-refractivity contribution in [3.05, 3.63) is 48.5 Å². The summed E-state index contributed by atoms with van der Waals surface area (Å²) in [4.78, 5) is 24.0. The van der Waals surface area contributed by atoms with Gasteiger partial charge < -0.3 is 21.1 Å². The van der Waals surface area contributed by atoms with Crippen molar-refractivity contribution in [2.45, 2.75) is 12.5 Å². The summed E-state index contributed by atoms with van der Waals surface area (Å²) in [6, 6.07) is 12.9. The summed E-state index contributed by atoms with van der Waals surface area (Å²) in [5.41, 5.74) is 2.08. The number of carbonyl (C=O) groups excluding carboxylic acids is 2. The van der Waals surface area contributed by atoms with Crippen LogP contribution in [0.1, 0.15) is 6.42 Å². The molecule has 0 aliphatic carbocycles. The Morgan fingerprint density at radius 1 is 1.09 bits per heavy atom. The zero-order chi connectivity index (χ0) is 15.5. The van der Waals surface area contributed by atoms with Crippen LogP contribution in [0.15, 0.2) is 48.5 Å². The molecule has 112 valence electrons. The first-order valence-electron chi connectivity index (χ1n) is 6.87. The van der Waals surface area contributed by atoms with Crippen molar-refractivity contribution >= 4 is 28.9 Å². The van der Waals surface area contributed by atoms with Crippen molar-refractivity contribution in [1.29, 1.82) is 0 Å². The fourth-order valence-corrected chi connectivity index (χ4v) is 2.28. The molecule has 1 heterocycles. The number of phenols is 1. The third kappa shape index (κ3) is 3.01. The average molecular weight is 297 g/mol. The topological polar surface area (TPSA) is 90.5 Å². The summed E-state index contributed by atoms with van der Waals surface area (Å²) in [6.07, 6.45) is 0.0149. The summed E-state index contributed by atoms with van der Waals surface area (Å²) in [7, 11) is 0. The third-order valence-electron chi connectivity index (χ3n) is 3.37. The van der Waals surface area contributed by atoms with Crippen LogP contribution in [-0.2, 0) is 9.59 Å². The smallest absolute Gasteiger partial charge is 0.247 e. The number of hydrogen-bond donors (Lipinski definition) is 4. The minimum absolute atomic E-state index is 0.0149. The second-order valence-electron chi connectivity index (χ2n) is 5.03. The number of rotatable bonds is 3. The number of amides is 2. The molecule has 0 saturated heterocycles. The Labute approximate surface area is 127 Å². The Bertz CT molecular complexity index is 713. The van der Waals surface area contributed by atoms with E-state index in [1.54, 1.807) is 18.2 Å². The maximum absolute atomic E-state index is 12.0. The Kier molecular flexibility index (Phi) is 3.65. The lowest BCUT2D eigenvalue weighted by Gasteiger charge is -2.26. The third-order valence-corrected chi connectivity index (χ3v) is 3.37. The highest BCUT2D eigenvalue weighted by Crippen LogP contribution is 2.26. The fourth-order valence-electron chi connectivity index (χ4n) is 2.28. The molecule has 0 spiro atoms. The van der Waals surface area contributed by atoms with Gasteiger partial charge in [-0.05, 0) is 36.4 Å². The van der Waals surface area contributed by atoms with Crippen LogP contribution in [0.2, 0.25) is 0 Å². The molecule has 22 heavy (non-hydrogen) atoms. The lowest BCUT2D eigenvalue weighted by atomic mass is 10.1. The van der Waals surface area contributed by atoms with Crippen LogP contribution in [0, 0.1) is 0 Å². The van der Waals surface area contributed by atoms with E-state index in [9.17, 15) is 14.7 Å². The highest BCUT2D eigenvalue weighted by Gasteiger charge is 2.27. The van der Waals surface area contributed by atoms with Gasteiger partial charge in [0.1, 0.15) is 11.8 Å². The molecule has 1 aliphatic heterocycles. The van der Waals surface area contributed by atoms with Crippen LogP contribution in [0.3, 0.4) is 0 Å². The van der Waals surface area contributed by atoms with E-state index >= 15 is 0 Å². The number of aromatic hydroxyl groups is 1. The van der Waals surface area contributed by atoms with E-state index in [1.807, 2.05) is 18.2 Å². The molecule has 2 aromatic carbocycles. The molecule has 2 aromatic rings. The van der Waals surface area contributed by atoms with E-state index in [-0.39, 0.29) is 24.0 Å². The van der Waals surface area contributed by atoms with Crippen LogP contribution >= 0.6 is 0 Å². The van der Waals surface area contributed by atoms with Crippen molar-refractivity contribution in [3.63, 3.8) is 0 Å². The predicted octanol–water partition coefficient (Wildman–Crippen LogP) is 2.15. The number of nitrogens with one attached hydrogen (secondary N) is 3. The molecular weight excluding hydrogens is 282 g/mol. The highest BCUT2D eigenvalue weighted by atomic mass is 16.3. The van der Waals surface area contributed by atoms with Gasteiger partial charge in [0.2, 0.25) is 11.8 Å². The molecule has 1 unspecified atom stereocenters. The molecule has 2 amide bonds. The first-order chi connectivity index (χ1) is 10.6. The largest absolute Gasteiger partial charge is 0.508 e. The van der Waals surface area contributed by atoms with E-state index in [0.29, 0.717) is 11.4 Å². The van der Waals surface area contributed by atoms with Gasteiger partial charge in [0, 0.05) is 5.69 Å². The molecule has 0 saturated carbocycles. The second kappa shape index (κ2) is 5.77. The number of benzene rings is 2. The molecule has 6 heteroatoms. The molecule has 1 atom stereocenters. The standard InChI is InChI=1S/C16H15N3O3/c20-11-7-5-10(6-8-11)17-15(21)9-14-16(22)19-13-4-2-1-3-12(13)18-14/h1-8,14,18,20H,9H2,(H,17,21)(H,19,22). The van der Waals surface area contributed by atoms with Gasteiger partial charge in [-0.2, -0.15) is 0 Å². The van der Waals surface area contributed by atoms with Crippen molar-refractivity contribution < 1.29 is 14.7 Å². The Hall–Kier alpha value is -3.02. The van der Waals surface area contributed by atoms with Crippen LogP contribution in [0.25, 0.3) is 0 Å². The van der Waals surface area contributed by atoms with Crippen LogP contribution in [0.5, 0.6) is 5.75 Å². The Morgan fingerprint density at radius 3 is 2.50 bits per heavy atom. The van der Waals surface area contributed by atoms with E-state index in [4.69, 9.17) is 0 Å². The molecule has 0 radical (unpaired) electrons. The van der Waals surface area contributed by atoms with Crippen molar-refractivity contribution in [2.24, 2.45) is 0 Å². The van der Waals surface area contributed by atoms with Gasteiger partial charge in [-0.1, -0.05) is 12.1 Å². The Balaban J connectivity index is 1.64. The number of anilines is 3. The van der Waals surface area contributed by atoms with E-state index in [1.165, 1.54) is 12.1 Å². The van der Waals surface area contributed by atoms with Gasteiger partial charge in [0.25, 0.3) is 0 Å². The molecule has 1 aliphatic rings. The molecule has 3 rings (SSSR count). The van der Waals surface area contributed by atoms with Crippen LogP contribution in [-0.4, -0.2) is 23.0 Å². The molecule has 0 bridgehead atoms.